The van der Waals surface area contributed by atoms with Crippen molar-refractivity contribution in [1.82, 2.24) is 4.57 Å². The van der Waals surface area contributed by atoms with Gasteiger partial charge in [-0.2, -0.15) is 0 Å². The largest absolute Gasteiger partial charge is 0.317 e. The Balaban J connectivity index is 1.78. The molecule has 1 heterocycles. The molecule has 1 aromatic heterocycles. The van der Waals surface area contributed by atoms with Crippen molar-refractivity contribution >= 4 is 10.9 Å². The SMILES string of the molecule is c1ccc(-n2ccc3cc4c(cc32)-c2ccccc2C4)cc1. The Kier molecular flexibility index (Phi) is 2.33. The van der Waals surface area contributed by atoms with Gasteiger partial charge in [0.15, 0.2) is 0 Å². The minimum absolute atomic E-state index is 1.05. The standard InChI is InChI=1S/C21H15N/c1-2-7-18(8-3-1)22-11-10-16-13-17-12-15-6-4-5-9-19(15)20(17)14-21(16)22/h1-11,13-14H,12H2. The molecule has 0 amide bonds. The highest BCUT2D eigenvalue weighted by atomic mass is 15.0. The number of hydrogen-bond acceptors (Lipinski definition) is 0. The second kappa shape index (κ2) is 4.35. The first-order chi connectivity index (χ1) is 10.9. The van der Waals surface area contributed by atoms with E-state index in [1.54, 1.807) is 0 Å². The van der Waals surface area contributed by atoms with Crippen LogP contribution in [0.15, 0.2) is 79.0 Å². The van der Waals surface area contributed by atoms with Crippen molar-refractivity contribution in [2.75, 3.05) is 0 Å². The number of para-hydroxylation sites is 1. The predicted molar refractivity (Wildman–Crippen MR) is 91.5 cm³/mol. The maximum absolute atomic E-state index is 2.35. The molecule has 0 aliphatic heterocycles. The van der Waals surface area contributed by atoms with Crippen LogP contribution in [0.25, 0.3) is 27.7 Å². The van der Waals surface area contributed by atoms with E-state index in [9.17, 15) is 0 Å². The van der Waals surface area contributed by atoms with Crippen LogP contribution < -0.4 is 0 Å². The molecule has 0 spiro atoms. The lowest BCUT2D eigenvalue weighted by Gasteiger charge is -2.07. The summed E-state index contributed by atoms with van der Waals surface area (Å²) in [7, 11) is 0. The Morgan fingerprint density at radius 1 is 0.682 bits per heavy atom. The van der Waals surface area contributed by atoms with E-state index in [0.717, 1.165) is 6.42 Å². The minimum atomic E-state index is 1.05. The number of benzene rings is 3. The lowest BCUT2D eigenvalue weighted by molar-refractivity contribution is 1.13. The third kappa shape index (κ3) is 1.59. The summed E-state index contributed by atoms with van der Waals surface area (Å²) in [5, 5.41) is 1.32. The van der Waals surface area contributed by atoms with Gasteiger partial charge in [-0.15, -0.1) is 0 Å². The highest BCUT2D eigenvalue weighted by Gasteiger charge is 2.19. The normalized spacial score (nSPS) is 12.4. The summed E-state index contributed by atoms with van der Waals surface area (Å²) in [5.41, 5.74) is 8.15. The Morgan fingerprint density at radius 2 is 1.50 bits per heavy atom. The van der Waals surface area contributed by atoms with E-state index >= 15 is 0 Å². The average Bonchev–Trinajstić information content (AvgIpc) is 3.14. The predicted octanol–water partition coefficient (Wildman–Crippen LogP) is 5.20. The van der Waals surface area contributed by atoms with E-state index in [2.05, 4.69) is 83.6 Å². The topological polar surface area (TPSA) is 4.93 Å². The Labute approximate surface area is 129 Å². The number of rotatable bonds is 1. The lowest BCUT2D eigenvalue weighted by Crippen LogP contribution is -1.91. The molecule has 0 bridgehead atoms. The molecule has 22 heavy (non-hydrogen) atoms. The van der Waals surface area contributed by atoms with Crippen molar-refractivity contribution < 1.29 is 0 Å². The second-order valence-corrected chi connectivity index (χ2v) is 5.92. The van der Waals surface area contributed by atoms with Crippen molar-refractivity contribution in [3.8, 4) is 16.8 Å². The van der Waals surface area contributed by atoms with Gasteiger partial charge >= 0.3 is 0 Å². The molecule has 1 aliphatic carbocycles. The van der Waals surface area contributed by atoms with Crippen molar-refractivity contribution in [2.24, 2.45) is 0 Å². The number of hydrogen-bond donors (Lipinski definition) is 0. The van der Waals surface area contributed by atoms with Crippen molar-refractivity contribution in [2.45, 2.75) is 6.42 Å². The molecule has 1 aliphatic rings. The highest BCUT2D eigenvalue weighted by molar-refractivity contribution is 5.91. The Morgan fingerprint density at radius 3 is 2.41 bits per heavy atom. The zero-order valence-corrected chi connectivity index (χ0v) is 12.2. The van der Waals surface area contributed by atoms with Crippen LogP contribution in [0.5, 0.6) is 0 Å². The first-order valence-corrected chi connectivity index (χ1v) is 7.68. The van der Waals surface area contributed by atoms with Crippen LogP contribution in [0, 0.1) is 0 Å². The van der Waals surface area contributed by atoms with Crippen LogP contribution in [0.2, 0.25) is 0 Å². The molecular formula is C21H15N. The van der Waals surface area contributed by atoms with Gasteiger partial charge in [0, 0.05) is 17.3 Å². The van der Waals surface area contributed by atoms with Crippen LogP contribution in [-0.2, 0) is 6.42 Å². The van der Waals surface area contributed by atoms with Gasteiger partial charge in [0.05, 0.1) is 5.52 Å². The monoisotopic (exact) mass is 281 g/mol. The van der Waals surface area contributed by atoms with Gasteiger partial charge in [-0.1, -0.05) is 42.5 Å². The third-order valence-electron chi connectivity index (χ3n) is 4.64. The first-order valence-electron chi connectivity index (χ1n) is 7.68. The summed E-state index contributed by atoms with van der Waals surface area (Å²) in [5.74, 6) is 0. The van der Waals surface area contributed by atoms with E-state index in [4.69, 9.17) is 0 Å². The van der Waals surface area contributed by atoms with Crippen molar-refractivity contribution in [3.63, 3.8) is 0 Å². The fourth-order valence-corrected chi connectivity index (χ4v) is 3.58. The fraction of sp³-hybridized carbons (Fsp3) is 0.0476. The van der Waals surface area contributed by atoms with Crippen molar-refractivity contribution in [3.05, 3.63) is 90.1 Å². The minimum Gasteiger partial charge on any atom is -0.317 e. The molecule has 0 N–H and O–H groups in total. The summed E-state index contributed by atoms with van der Waals surface area (Å²) in [6.45, 7) is 0. The van der Waals surface area contributed by atoms with E-state index in [1.165, 1.54) is 38.8 Å². The lowest BCUT2D eigenvalue weighted by atomic mass is 10.0. The maximum Gasteiger partial charge on any atom is 0.0534 e. The van der Waals surface area contributed by atoms with E-state index in [1.807, 2.05) is 0 Å². The smallest absolute Gasteiger partial charge is 0.0534 e. The second-order valence-electron chi connectivity index (χ2n) is 5.92. The van der Waals surface area contributed by atoms with Crippen LogP contribution in [0.1, 0.15) is 11.1 Å². The zero-order chi connectivity index (χ0) is 14.5. The Hall–Kier alpha value is -2.80. The molecule has 0 radical (unpaired) electrons. The molecule has 1 heteroatoms. The number of fused-ring (bicyclic) bond motifs is 4. The molecular weight excluding hydrogens is 266 g/mol. The third-order valence-corrected chi connectivity index (χ3v) is 4.64. The fourth-order valence-electron chi connectivity index (χ4n) is 3.58. The highest BCUT2D eigenvalue weighted by Crippen LogP contribution is 2.39. The van der Waals surface area contributed by atoms with Gasteiger partial charge in [-0.3, -0.25) is 0 Å². The molecule has 1 nitrogen and oxygen atoms in total. The van der Waals surface area contributed by atoms with Gasteiger partial charge in [-0.25, -0.2) is 0 Å². The summed E-state index contributed by atoms with van der Waals surface area (Å²) in [4.78, 5) is 0. The molecule has 104 valence electrons. The van der Waals surface area contributed by atoms with Gasteiger partial charge in [0.25, 0.3) is 0 Å². The molecule has 0 atom stereocenters. The molecule has 0 fully saturated rings. The van der Waals surface area contributed by atoms with Crippen LogP contribution >= 0.6 is 0 Å². The molecule has 5 rings (SSSR count). The zero-order valence-electron chi connectivity index (χ0n) is 12.2. The van der Waals surface area contributed by atoms with E-state index < -0.39 is 0 Å². The first kappa shape index (κ1) is 11.8. The van der Waals surface area contributed by atoms with Gasteiger partial charge in [-0.05, 0) is 59.0 Å². The number of nitrogens with zero attached hydrogens (tertiary/aromatic N) is 1. The Bertz CT molecular complexity index is 993. The van der Waals surface area contributed by atoms with E-state index in [-0.39, 0.29) is 0 Å². The average molecular weight is 281 g/mol. The van der Waals surface area contributed by atoms with Gasteiger partial charge < -0.3 is 4.57 Å². The molecule has 0 saturated heterocycles. The summed E-state index contributed by atoms with van der Waals surface area (Å²) in [6.07, 6.45) is 3.22. The van der Waals surface area contributed by atoms with Gasteiger partial charge in [0.2, 0.25) is 0 Å². The summed E-state index contributed by atoms with van der Waals surface area (Å²) >= 11 is 0. The van der Waals surface area contributed by atoms with Gasteiger partial charge in [0.1, 0.15) is 0 Å². The maximum atomic E-state index is 2.35. The quantitative estimate of drug-likeness (QED) is 0.398. The van der Waals surface area contributed by atoms with Crippen molar-refractivity contribution in [1.29, 1.82) is 0 Å². The van der Waals surface area contributed by atoms with E-state index in [0.29, 0.717) is 0 Å². The molecule has 0 saturated carbocycles. The molecule has 0 unspecified atom stereocenters. The van der Waals surface area contributed by atoms with Crippen LogP contribution in [0.4, 0.5) is 0 Å². The van der Waals surface area contributed by atoms with Crippen LogP contribution in [0.3, 0.4) is 0 Å². The number of aromatic nitrogens is 1. The molecule has 3 aromatic carbocycles. The summed E-state index contributed by atoms with van der Waals surface area (Å²) < 4.78 is 2.27. The summed E-state index contributed by atoms with van der Waals surface area (Å²) in [6, 6.07) is 26.2. The van der Waals surface area contributed by atoms with Crippen LogP contribution in [-0.4, -0.2) is 4.57 Å². The molecule has 4 aromatic rings.